The van der Waals surface area contributed by atoms with Crippen molar-refractivity contribution in [2.24, 2.45) is 5.92 Å². The lowest BCUT2D eigenvalue weighted by atomic mass is 10.2. The predicted molar refractivity (Wildman–Crippen MR) is 68.6 cm³/mol. The summed E-state index contributed by atoms with van der Waals surface area (Å²) in [6.45, 7) is 7.53. The van der Waals surface area contributed by atoms with Gasteiger partial charge in [0.2, 0.25) is 0 Å². The van der Waals surface area contributed by atoms with E-state index in [2.05, 4.69) is 23.7 Å². The number of pyridine rings is 1. The lowest BCUT2D eigenvalue weighted by Gasteiger charge is -2.29. The first-order valence-corrected chi connectivity index (χ1v) is 6.07. The van der Waals surface area contributed by atoms with E-state index in [1.165, 1.54) is 12.8 Å². The fourth-order valence-corrected chi connectivity index (χ4v) is 1.90. The molecule has 2 N–H and O–H groups in total. The topological polar surface area (TPSA) is 42.2 Å². The molecule has 0 radical (unpaired) electrons. The number of aromatic nitrogens is 1. The number of nitrogen functional groups attached to an aromatic ring is 1. The molecule has 1 aliphatic carbocycles. The number of nitrogens with zero attached hydrogens (tertiary/aromatic N) is 2. The number of hydrogen-bond acceptors (Lipinski definition) is 3. The number of aryl methyl sites for hydroxylation is 1. The van der Waals surface area contributed by atoms with E-state index in [9.17, 15) is 0 Å². The van der Waals surface area contributed by atoms with Crippen LogP contribution in [0, 0.1) is 12.8 Å². The average molecular weight is 219 g/mol. The Morgan fingerprint density at radius 1 is 1.50 bits per heavy atom. The Morgan fingerprint density at radius 2 is 2.19 bits per heavy atom. The molecule has 1 saturated carbocycles. The Balaban J connectivity index is 2.26. The number of hydrogen-bond donors (Lipinski definition) is 1. The van der Waals surface area contributed by atoms with Gasteiger partial charge in [-0.3, -0.25) is 0 Å². The lowest BCUT2D eigenvalue weighted by Crippen LogP contribution is -2.34. The predicted octanol–water partition coefficient (Wildman–Crippen LogP) is 2.60. The van der Waals surface area contributed by atoms with E-state index in [-0.39, 0.29) is 0 Å². The molecular weight excluding hydrogens is 198 g/mol. The first kappa shape index (κ1) is 11.2. The van der Waals surface area contributed by atoms with Gasteiger partial charge in [-0.2, -0.15) is 0 Å². The van der Waals surface area contributed by atoms with E-state index in [0.717, 1.165) is 29.5 Å². The van der Waals surface area contributed by atoms with E-state index < -0.39 is 0 Å². The van der Waals surface area contributed by atoms with Crippen molar-refractivity contribution in [3.8, 4) is 0 Å². The third kappa shape index (κ3) is 2.29. The summed E-state index contributed by atoms with van der Waals surface area (Å²) in [5.41, 5.74) is 8.06. The quantitative estimate of drug-likeness (QED) is 0.846. The molecule has 0 bridgehead atoms. The molecule has 3 nitrogen and oxygen atoms in total. The maximum Gasteiger partial charge on any atom is 0.152 e. The van der Waals surface area contributed by atoms with Crippen molar-refractivity contribution in [2.75, 3.05) is 17.2 Å². The highest BCUT2D eigenvalue weighted by molar-refractivity contribution is 5.66. The van der Waals surface area contributed by atoms with Gasteiger partial charge in [0, 0.05) is 18.8 Å². The van der Waals surface area contributed by atoms with E-state index in [1.807, 2.05) is 19.2 Å². The van der Waals surface area contributed by atoms with Crippen LogP contribution in [0.15, 0.2) is 12.3 Å². The van der Waals surface area contributed by atoms with Crippen molar-refractivity contribution < 1.29 is 0 Å². The highest BCUT2D eigenvalue weighted by Crippen LogP contribution is 2.33. The van der Waals surface area contributed by atoms with Crippen LogP contribution in [0.25, 0.3) is 0 Å². The molecule has 0 aliphatic heterocycles. The minimum Gasteiger partial charge on any atom is -0.396 e. The standard InChI is InChI=1S/C13H21N3/c1-9(2)16(8-11-4-5-11)13-12(14)10(3)6-7-15-13/h6-7,9,11H,4-5,8,14H2,1-3H3. The van der Waals surface area contributed by atoms with Crippen molar-refractivity contribution in [1.82, 2.24) is 4.98 Å². The highest BCUT2D eigenvalue weighted by atomic mass is 15.2. The SMILES string of the molecule is Cc1ccnc(N(CC2CC2)C(C)C)c1N. The van der Waals surface area contributed by atoms with Crippen LogP contribution in [0.5, 0.6) is 0 Å². The second-order valence-electron chi connectivity index (χ2n) is 5.05. The normalized spacial score (nSPS) is 15.5. The average Bonchev–Trinajstić information content (AvgIpc) is 3.03. The number of rotatable bonds is 4. The molecule has 0 amide bonds. The molecule has 2 rings (SSSR count). The molecule has 1 aliphatic rings. The zero-order valence-corrected chi connectivity index (χ0v) is 10.4. The zero-order chi connectivity index (χ0) is 11.7. The van der Waals surface area contributed by atoms with E-state index >= 15 is 0 Å². The molecule has 0 saturated heterocycles. The molecule has 1 heterocycles. The molecule has 0 unspecified atom stereocenters. The molecule has 1 fully saturated rings. The van der Waals surface area contributed by atoms with Gasteiger partial charge < -0.3 is 10.6 Å². The third-order valence-electron chi connectivity index (χ3n) is 3.23. The number of nitrogens with two attached hydrogens (primary N) is 1. The maximum absolute atomic E-state index is 6.11. The van der Waals surface area contributed by atoms with Crippen molar-refractivity contribution in [2.45, 2.75) is 39.7 Å². The molecule has 88 valence electrons. The Hall–Kier alpha value is -1.25. The summed E-state index contributed by atoms with van der Waals surface area (Å²) in [6.07, 6.45) is 4.56. The van der Waals surface area contributed by atoms with Gasteiger partial charge in [0.25, 0.3) is 0 Å². The third-order valence-corrected chi connectivity index (χ3v) is 3.23. The van der Waals surface area contributed by atoms with Crippen LogP contribution in [0.3, 0.4) is 0 Å². The van der Waals surface area contributed by atoms with Gasteiger partial charge in [0.1, 0.15) is 0 Å². The van der Waals surface area contributed by atoms with Crippen molar-refractivity contribution >= 4 is 11.5 Å². The summed E-state index contributed by atoms with van der Waals surface area (Å²) in [5, 5.41) is 0. The summed E-state index contributed by atoms with van der Waals surface area (Å²) in [6, 6.07) is 2.42. The zero-order valence-electron chi connectivity index (χ0n) is 10.4. The van der Waals surface area contributed by atoms with E-state index in [4.69, 9.17) is 5.73 Å². The van der Waals surface area contributed by atoms with Crippen LogP contribution in [-0.2, 0) is 0 Å². The summed E-state index contributed by atoms with van der Waals surface area (Å²) < 4.78 is 0. The Kier molecular flexibility index (Phi) is 3.03. The molecule has 0 atom stereocenters. The summed E-state index contributed by atoms with van der Waals surface area (Å²) in [4.78, 5) is 6.78. The van der Waals surface area contributed by atoms with E-state index in [1.54, 1.807) is 0 Å². The van der Waals surface area contributed by atoms with Gasteiger partial charge in [-0.1, -0.05) is 0 Å². The maximum atomic E-state index is 6.11. The second-order valence-corrected chi connectivity index (χ2v) is 5.05. The fourth-order valence-electron chi connectivity index (χ4n) is 1.90. The monoisotopic (exact) mass is 219 g/mol. The van der Waals surface area contributed by atoms with Gasteiger partial charge in [-0.25, -0.2) is 4.98 Å². The van der Waals surface area contributed by atoms with Crippen LogP contribution in [0.2, 0.25) is 0 Å². The van der Waals surface area contributed by atoms with Gasteiger partial charge in [-0.05, 0) is 51.2 Å². The van der Waals surface area contributed by atoms with Gasteiger partial charge in [0.05, 0.1) is 5.69 Å². The highest BCUT2D eigenvalue weighted by Gasteiger charge is 2.27. The van der Waals surface area contributed by atoms with Crippen LogP contribution in [0.4, 0.5) is 11.5 Å². The molecular formula is C13H21N3. The van der Waals surface area contributed by atoms with Crippen LogP contribution >= 0.6 is 0 Å². The van der Waals surface area contributed by atoms with Gasteiger partial charge in [0.15, 0.2) is 5.82 Å². The summed E-state index contributed by atoms with van der Waals surface area (Å²) in [5.74, 6) is 1.81. The summed E-state index contributed by atoms with van der Waals surface area (Å²) in [7, 11) is 0. The minimum absolute atomic E-state index is 0.456. The van der Waals surface area contributed by atoms with Crippen LogP contribution in [0.1, 0.15) is 32.3 Å². The largest absolute Gasteiger partial charge is 0.396 e. The van der Waals surface area contributed by atoms with E-state index in [0.29, 0.717) is 6.04 Å². The molecule has 0 spiro atoms. The Labute approximate surface area is 97.7 Å². The van der Waals surface area contributed by atoms with Crippen LogP contribution in [-0.4, -0.2) is 17.6 Å². The number of anilines is 2. The van der Waals surface area contributed by atoms with Crippen LogP contribution < -0.4 is 10.6 Å². The van der Waals surface area contributed by atoms with Gasteiger partial charge in [-0.15, -0.1) is 0 Å². The molecule has 16 heavy (non-hydrogen) atoms. The molecule has 0 aromatic carbocycles. The van der Waals surface area contributed by atoms with Gasteiger partial charge >= 0.3 is 0 Å². The minimum atomic E-state index is 0.456. The van der Waals surface area contributed by atoms with Crippen molar-refractivity contribution in [1.29, 1.82) is 0 Å². The van der Waals surface area contributed by atoms with Crippen molar-refractivity contribution in [3.05, 3.63) is 17.8 Å². The smallest absolute Gasteiger partial charge is 0.152 e. The summed E-state index contributed by atoms with van der Waals surface area (Å²) >= 11 is 0. The van der Waals surface area contributed by atoms with Crippen molar-refractivity contribution in [3.63, 3.8) is 0 Å². The molecule has 3 heteroatoms. The Morgan fingerprint density at radius 3 is 2.75 bits per heavy atom. The molecule has 1 aromatic rings. The first-order chi connectivity index (χ1) is 7.59. The Bertz CT molecular complexity index is 369. The second kappa shape index (κ2) is 4.32. The fraction of sp³-hybridized carbons (Fsp3) is 0.615. The lowest BCUT2D eigenvalue weighted by molar-refractivity contribution is 0.637. The first-order valence-electron chi connectivity index (χ1n) is 6.07. The molecule has 1 aromatic heterocycles.